The van der Waals surface area contributed by atoms with Crippen molar-refractivity contribution < 1.29 is 4.79 Å². The van der Waals surface area contributed by atoms with Crippen molar-refractivity contribution in [3.63, 3.8) is 0 Å². The van der Waals surface area contributed by atoms with Crippen LogP contribution in [0.4, 0.5) is 5.69 Å². The molecule has 0 aliphatic carbocycles. The van der Waals surface area contributed by atoms with Crippen LogP contribution in [0.1, 0.15) is 35.9 Å². The Morgan fingerprint density at radius 2 is 2.20 bits per heavy atom. The summed E-state index contributed by atoms with van der Waals surface area (Å²) in [6.07, 6.45) is 1.66. The highest BCUT2D eigenvalue weighted by atomic mass is 79.9. The van der Waals surface area contributed by atoms with E-state index in [9.17, 15) is 4.79 Å². The second-order valence-corrected chi connectivity index (χ2v) is 5.36. The molecular weight excluding hydrogens is 320 g/mol. The van der Waals surface area contributed by atoms with E-state index in [2.05, 4.69) is 26.3 Å². The van der Waals surface area contributed by atoms with Gasteiger partial charge in [0.1, 0.15) is 0 Å². The first-order valence-corrected chi connectivity index (χ1v) is 7.20. The molecule has 2 rings (SSSR count). The number of anilines is 1. The number of carbonyl (C=O) groups is 1. The lowest BCUT2D eigenvalue weighted by molar-refractivity contribution is 0.0935. The lowest BCUT2D eigenvalue weighted by atomic mass is 10.1. The predicted octanol–water partition coefficient (Wildman–Crippen LogP) is 2.74. The van der Waals surface area contributed by atoms with Gasteiger partial charge in [-0.15, -0.1) is 0 Å². The zero-order valence-corrected chi connectivity index (χ0v) is 13.0. The topological polar surface area (TPSA) is 72.9 Å². The number of nitrogens with zero attached hydrogens (tertiary/aromatic N) is 2. The average Bonchev–Trinajstić information content (AvgIpc) is 2.80. The van der Waals surface area contributed by atoms with Gasteiger partial charge in [-0.2, -0.15) is 5.10 Å². The fraction of sp³-hybridized carbons (Fsp3) is 0.286. The van der Waals surface area contributed by atoms with Crippen LogP contribution >= 0.6 is 15.9 Å². The lowest BCUT2D eigenvalue weighted by Gasteiger charge is -2.15. The fourth-order valence-corrected chi connectivity index (χ4v) is 2.57. The molecule has 1 atom stereocenters. The third-order valence-corrected chi connectivity index (χ3v) is 3.77. The summed E-state index contributed by atoms with van der Waals surface area (Å²) in [6, 6.07) is 7.64. The van der Waals surface area contributed by atoms with Gasteiger partial charge in [-0.25, -0.2) is 0 Å². The summed E-state index contributed by atoms with van der Waals surface area (Å²) in [5.41, 5.74) is 7.48. The van der Waals surface area contributed by atoms with Crippen LogP contribution in [0.25, 0.3) is 0 Å². The third-order valence-electron chi connectivity index (χ3n) is 3.05. The molecule has 2 aromatic rings. The van der Waals surface area contributed by atoms with E-state index in [1.165, 1.54) is 0 Å². The Balaban J connectivity index is 2.15. The maximum Gasteiger partial charge on any atom is 0.274 e. The summed E-state index contributed by atoms with van der Waals surface area (Å²) >= 11 is 3.48. The van der Waals surface area contributed by atoms with Crippen molar-refractivity contribution in [1.82, 2.24) is 15.1 Å². The molecule has 0 saturated carbocycles. The molecule has 1 unspecified atom stereocenters. The normalized spacial score (nSPS) is 12.2. The number of nitrogen functional groups attached to an aromatic ring is 1. The van der Waals surface area contributed by atoms with E-state index < -0.39 is 0 Å². The molecule has 0 aliphatic heterocycles. The number of nitrogens with two attached hydrogens (primary N) is 1. The molecule has 0 saturated heterocycles. The van der Waals surface area contributed by atoms with Crippen molar-refractivity contribution in [2.24, 2.45) is 0 Å². The van der Waals surface area contributed by atoms with Gasteiger partial charge < -0.3 is 11.1 Å². The maximum absolute atomic E-state index is 12.2. The summed E-state index contributed by atoms with van der Waals surface area (Å²) in [4.78, 5) is 12.2. The Labute approximate surface area is 126 Å². The van der Waals surface area contributed by atoms with Crippen molar-refractivity contribution in [1.29, 1.82) is 0 Å². The fourth-order valence-electron chi connectivity index (χ4n) is 1.94. The number of aryl methyl sites for hydroxylation is 1. The molecule has 1 aromatic carbocycles. The van der Waals surface area contributed by atoms with Crippen LogP contribution in [-0.2, 0) is 6.54 Å². The average molecular weight is 337 g/mol. The van der Waals surface area contributed by atoms with E-state index in [4.69, 9.17) is 5.73 Å². The molecule has 106 valence electrons. The number of hydrogen-bond donors (Lipinski definition) is 2. The minimum atomic E-state index is -0.266. The first-order chi connectivity index (χ1) is 9.52. The van der Waals surface area contributed by atoms with Gasteiger partial charge in [-0.3, -0.25) is 9.48 Å². The van der Waals surface area contributed by atoms with Gasteiger partial charge in [0.2, 0.25) is 0 Å². The molecular formula is C14H17BrN4O. The van der Waals surface area contributed by atoms with E-state index >= 15 is 0 Å². The summed E-state index contributed by atoms with van der Waals surface area (Å²) in [5, 5.41) is 7.07. The number of nitrogens with one attached hydrogen (secondary N) is 1. The number of benzene rings is 1. The standard InChI is InChI=1S/C14H17BrN4O/c1-3-19-8-12(16)13(18-19)14(20)17-9(2)10-6-4-5-7-11(10)15/h4-9H,3,16H2,1-2H3,(H,17,20). The lowest BCUT2D eigenvalue weighted by Crippen LogP contribution is -2.28. The maximum atomic E-state index is 12.2. The highest BCUT2D eigenvalue weighted by Gasteiger charge is 2.18. The Hall–Kier alpha value is -1.82. The van der Waals surface area contributed by atoms with Gasteiger partial charge in [-0.1, -0.05) is 34.1 Å². The largest absolute Gasteiger partial charge is 0.396 e. The Morgan fingerprint density at radius 3 is 2.80 bits per heavy atom. The molecule has 0 radical (unpaired) electrons. The van der Waals surface area contributed by atoms with E-state index in [-0.39, 0.29) is 17.6 Å². The first-order valence-electron chi connectivity index (χ1n) is 6.41. The van der Waals surface area contributed by atoms with Crippen molar-refractivity contribution in [3.05, 3.63) is 46.2 Å². The van der Waals surface area contributed by atoms with Gasteiger partial charge in [-0.05, 0) is 25.5 Å². The number of hydrogen-bond acceptors (Lipinski definition) is 3. The zero-order valence-electron chi connectivity index (χ0n) is 11.4. The molecule has 5 nitrogen and oxygen atoms in total. The summed E-state index contributed by atoms with van der Waals surface area (Å²) in [5.74, 6) is -0.266. The molecule has 3 N–H and O–H groups in total. The van der Waals surface area contributed by atoms with Gasteiger partial charge in [0.25, 0.3) is 5.91 Å². The van der Waals surface area contributed by atoms with Crippen LogP contribution in [0, 0.1) is 0 Å². The molecule has 20 heavy (non-hydrogen) atoms. The Kier molecular flexibility index (Phi) is 4.44. The Bertz CT molecular complexity index is 623. The van der Waals surface area contributed by atoms with Crippen LogP contribution in [0.3, 0.4) is 0 Å². The van der Waals surface area contributed by atoms with Gasteiger partial charge in [0.15, 0.2) is 5.69 Å². The smallest absolute Gasteiger partial charge is 0.274 e. The summed E-state index contributed by atoms with van der Waals surface area (Å²) < 4.78 is 2.60. The first kappa shape index (κ1) is 14.6. The molecule has 1 amide bonds. The molecule has 1 heterocycles. The van der Waals surface area contributed by atoms with Crippen LogP contribution in [-0.4, -0.2) is 15.7 Å². The number of aromatic nitrogens is 2. The van der Waals surface area contributed by atoms with Gasteiger partial charge in [0, 0.05) is 17.2 Å². The van der Waals surface area contributed by atoms with Gasteiger partial charge in [0.05, 0.1) is 11.7 Å². The van der Waals surface area contributed by atoms with Crippen LogP contribution < -0.4 is 11.1 Å². The third kappa shape index (κ3) is 3.01. The number of amides is 1. The monoisotopic (exact) mass is 336 g/mol. The van der Waals surface area contributed by atoms with E-state index in [0.29, 0.717) is 12.2 Å². The van der Waals surface area contributed by atoms with Crippen LogP contribution in [0.2, 0.25) is 0 Å². The highest BCUT2D eigenvalue weighted by molar-refractivity contribution is 9.10. The molecule has 0 spiro atoms. The van der Waals surface area contributed by atoms with Crippen molar-refractivity contribution in [2.45, 2.75) is 26.4 Å². The van der Waals surface area contributed by atoms with E-state index in [0.717, 1.165) is 10.0 Å². The number of halogens is 1. The molecule has 0 bridgehead atoms. The highest BCUT2D eigenvalue weighted by Crippen LogP contribution is 2.23. The number of carbonyl (C=O) groups excluding carboxylic acids is 1. The second kappa shape index (κ2) is 6.09. The van der Waals surface area contributed by atoms with Gasteiger partial charge >= 0.3 is 0 Å². The van der Waals surface area contributed by atoms with Crippen LogP contribution in [0.15, 0.2) is 34.9 Å². The van der Waals surface area contributed by atoms with Crippen LogP contribution in [0.5, 0.6) is 0 Å². The SMILES string of the molecule is CCn1cc(N)c(C(=O)NC(C)c2ccccc2Br)n1. The van der Waals surface area contributed by atoms with E-state index in [1.807, 2.05) is 38.1 Å². The molecule has 0 aliphatic rings. The Morgan fingerprint density at radius 1 is 1.50 bits per heavy atom. The van der Waals surface area contributed by atoms with Crippen molar-refractivity contribution in [3.8, 4) is 0 Å². The molecule has 0 fully saturated rings. The zero-order chi connectivity index (χ0) is 14.7. The number of rotatable bonds is 4. The van der Waals surface area contributed by atoms with Crippen molar-refractivity contribution in [2.75, 3.05) is 5.73 Å². The molecule has 1 aromatic heterocycles. The minimum Gasteiger partial charge on any atom is -0.396 e. The quantitative estimate of drug-likeness (QED) is 0.901. The summed E-state index contributed by atoms with van der Waals surface area (Å²) in [7, 11) is 0. The minimum absolute atomic E-state index is 0.135. The summed E-state index contributed by atoms with van der Waals surface area (Å²) in [6.45, 7) is 4.54. The predicted molar refractivity (Wildman–Crippen MR) is 82.3 cm³/mol. The van der Waals surface area contributed by atoms with Crippen molar-refractivity contribution >= 4 is 27.5 Å². The molecule has 6 heteroatoms. The van der Waals surface area contributed by atoms with E-state index in [1.54, 1.807) is 10.9 Å². The second-order valence-electron chi connectivity index (χ2n) is 4.51.